The van der Waals surface area contributed by atoms with E-state index in [0.29, 0.717) is 17.0 Å². The number of fused-ring (bicyclic) bond motifs is 2. The summed E-state index contributed by atoms with van der Waals surface area (Å²) in [5, 5.41) is 0.434. The van der Waals surface area contributed by atoms with Crippen molar-refractivity contribution >= 4 is 40.8 Å². The van der Waals surface area contributed by atoms with Gasteiger partial charge in [-0.1, -0.05) is 29.4 Å². The zero-order chi connectivity index (χ0) is 23.4. The number of piperidine rings is 1. The number of anilines is 2. The molecule has 1 aliphatic carbocycles. The normalized spacial score (nSPS) is 19.8. The Kier molecular flexibility index (Phi) is 4.66. The molecular formula is C23H23ClN8S. The van der Waals surface area contributed by atoms with Gasteiger partial charge in [0.25, 0.3) is 0 Å². The summed E-state index contributed by atoms with van der Waals surface area (Å²) in [7, 11) is 0. The fourth-order valence-electron chi connectivity index (χ4n) is 5.07. The Morgan fingerprint density at radius 1 is 1.12 bits per heavy atom. The van der Waals surface area contributed by atoms with Crippen LogP contribution >= 0.6 is 23.4 Å². The van der Waals surface area contributed by atoms with Crippen LogP contribution in [0.15, 0.2) is 59.0 Å². The van der Waals surface area contributed by atoms with Crippen LogP contribution in [0.25, 0.3) is 5.65 Å². The summed E-state index contributed by atoms with van der Waals surface area (Å²) in [5.74, 6) is 1.17. The van der Waals surface area contributed by atoms with E-state index in [1.54, 1.807) is 18.5 Å². The standard InChI is InChI=1S/C23H23ClN8S/c24-18-16(3-7-28-20(18)26)33-17-13-30-22(32-11-8-29-21(17)32)31-9-4-23(5-10-31)12-15-14(19(23)25)2-1-6-27-15/h1-3,6-8,11,13,19H,4-5,9-10,12,25H2,(H2,26,28)/i6D. The van der Waals surface area contributed by atoms with E-state index in [-0.39, 0.29) is 11.5 Å². The summed E-state index contributed by atoms with van der Waals surface area (Å²) >= 11 is 7.82. The van der Waals surface area contributed by atoms with Crippen LogP contribution < -0.4 is 16.4 Å². The molecule has 8 nitrogen and oxygen atoms in total. The van der Waals surface area contributed by atoms with E-state index in [2.05, 4.69) is 19.9 Å². The van der Waals surface area contributed by atoms with Gasteiger partial charge in [-0.3, -0.25) is 9.38 Å². The highest BCUT2D eigenvalue weighted by molar-refractivity contribution is 7.99. The van der Waals surface area contributed by atoms with Crippen LogP contribution in [0.3, 0.4) is 0 Å². The van der Waals surface area contributed by atoms with Gasteiger partial charge in [-0.25, -0.2) is 15.0 Å². The molecule has 1 saturated heterocycles. The minimum absolute atomic E-state index is 0.0124. The molecule has 5 heterocycles. The fourth-order valence-corrected chi connectivity index (χ4v) is 6.20. The average Bonchev–Trinajstić information content (AvgIpc) is 3.42. The molecule has 0 radical (unpaired) electrons. The van der Waals surface area contributed by atoms with Crippen LogP contribution in [-0.2, 0) is 6.42 Å². The number of imidazole rings is 1. The number of nitrogens with two attached hydrogens (primary N) is 2. The molecule has 1 spiro atoms. The van der Waals surface area contributed by atoms with E-state index in [1.165, 1.54) is 11.8 Å². The van der Waals surface area contributed by atoms with Crippen LogP contribution in [0, 0.1) is 5.41 Å². The van der Waals surface area contributed by atoms with E-state index in [4.69, 9.17) is 29.4 Å². The molecule has 2 aliphatic rings. The highest BCUT2D eigenvalue weighted by Crippen LogP contribution is 2.50. The maximum atomic E-state index is 7.85. The Hall–Kier alpha value is -2.88. The third-order valence-electron chi connectivity index (χ3n) is 6.90. The second-order valence-corrected chi connectivity index (χ2v) is 10.1. The summed E-state index contributed by atoms with van der Waals surface area (Å²) in [4.78, 5) is 21.9. The lowest BCUT2D eigenvalue weighted by molar-refractivity contribution is 0.186. The minimum atomic E-state index is -0.0460. The third kappa shape index (κ3) is 3.34. The molecule has 4 N–H and O–H groups in total. The Balaban J connectivity index is 1.25. The topological polar surface area (TPSA) is 111 Å². The van der Waals surface area contributed by atoms with Crippen LogP contribution in [0.5, 0.6) is 0 Å². The second kappa shape index (κ2) is 7.86. The first-order valence-corrected chi connectivity index (χ1v) is 12.0. The van der Waals surface area contributed by atoms with Crippen molar-refractivity contribution in [1.82, 2.24) is 24.3 Å². The molecule has 4 aromatic rings. The first-order valence-electron chi connectivity index (χ1n) is 11.3. The van der Waals surface area contributed by atoms with Crippen molar-refractivity contribution in [3.8, 4) is 0 Å². The number of nitrogen functional groups attached to an aromatic ring is 1. The van der Waals surface area contributed by atoms with Gasteiger partial charge in [0.05, 0.1) is 11.3 Å². The summed E-state index contributed by atoms with van der Waals surface area (Å²) in [6.07, 6.45) is 10.2. The molecule has 1 atom stereocenters. The van der Waals surface area contributed by atoms with Crippen molar-refractivity contribution in [3.05, 3.63) is 65.4 Å². The van der Waals surface area contributed by atoms with Gasteiger partial charge in [0.1, 0.15) is 5.82 Å². The fraction of sp³-hybridized carbons (Fsp3) is 0.304. The Morgan fingerprint density at radius 3 is 2.82 bits per heavy atom. The molecule has 33 heavy (non-hydrogen) atoms. The van der Waals surface area contributed by atoms with Crippen molar-refractivity contribution in [3.63, 3.8) is 0 Å². The zero-order valence-corrected chi connectivity index (χ0v) is 19.4. The Labute approximate surface area is 201 Å². The second-order valence-electron chi connectivity index (χ2n) is 8.63. The van der Waals surface area contributed by atoms with Gasteiger partial charge >= 0.3 is 0 Å². The van der Waals surface area contributed by atoms with Gasteiger partial charge in [-0.15, -0.1) is 0 Å². The predicted molar refractivity (Wildman–Crippen MR) is 130 cm³/mol. The summed E-state index contributed by atoms with van der Waals surface area (Å²) in [6.45, 7) is 1.68. The summed E-state index contributed by atoms with van der Waals surface area (Å²) in [5.41, 5.74) is 15.5. The molecule has 168 valence electrons. The smallest absolute Gasteiger partial charge is 0.211 e. The van der Waals surface area contributed by atoms with Gasteiger partial charge in [0, 0.05) is 60.7 Å². The largest absolute Gasteiger partial charge is 0.382 e. The van der Waals surface area contributed by atoms with Crippen molar-refractivity contribution in [2.45, 2.75) is 35.1 Å². The quantitative estimate of drug-likeness (QED) is 0.457. The SMILES string of the molecule is [2H]c1ccc2c(n1)CC1(CCN(c3ncc(Sc4ccnc(N)c4Cl)c4nccn34)CC1)C2N. The van der Waals surface area contributed by atoms with Gasteiger partial charge in [0.2, 0.25) is 5.95 Å². The number of halogens is 1. The van der Waals surface area contributed by atoms with Gasteiger partial charge in [-0.2, -0.15) is 0 Å². The number of pyridine rings is 2. The Bertz CT molecular complexity index is 1400. The summed E-state index contributed by atoms with van der Waals surface area (Å²) in [6, 6.07) is 5.50. The lowest BCUT2D eigenvalue weighted by Gasteiger charge is -2.42. The molecule has 0 bridgehead atoms. The van der Waals surface area contributed by atoms with E-state index in [9.17, 15) is 0 Å². The van der Waals surface area contributed by atoms with Crippen LogP contribution in [0.4, 0.5) is 11.8 Å². The highest BCUT2D eigenvalue weighted by atomic mass is 35.5. The van der Waals surface area contributed by atoms with Gasteiger partial charge in [-0.05, 0) is 42.4 Å². The monoisotopic (exact) mass is 479 g/mol. The lowest BCUT2D eigenvalue weighted by Crippen LogP contribution is -2.45. The minimum Gasteiger partial charge on any atom is -0.382 e. The van der Waals surface area contributed by atoms with E-state index in [1.807, 2.05) is 28.9 Å². The van der Waals surface area contributed by atoms with Crippen molar-refractivity contribution < 1.29 is 1.37 Å². The first-order chi connectivity index (χ1) is 16.4. The molecule has 4 aromatic heterocycles. The number of hydrogen-bond acceptors (Lipinski definition) is 8. The maximum absolute atomic E-state index is 7.85. The van der Waals surface area contributed by atoms with Crippen molar-refractivity contribution in [2.75, 3.05) is 23.7 Å². The van der Waals surface area contributed by atoms with Crippen molar-refractivity contribution in [2.24, 2.45) is 11.1 Å². The highest BCUT2D eigenvalue weighted by Gasteiger charge is 2.46. The van der Waals surface area contributed by atoms with E-state index in [0.717, 1.165) is 65.0 Å². The molecule has 6 rings (SSSR count). The van der Waals surface area contributed by atoms with E-state index < -0.39 is 0 Å². The molecule has 1 aliphatic heterocycles. The molecule has 1 unspecified atom stereocenters. The molecule has 0 aromatic carbocycles. The van der Waals surface area contributed by atoms with Crippen molar-refractivity contribution in [1.29, 1.82) is 0 Å². The molecule has 10 heteroatoms. The van der Waals surface area contributed by atoms with Gasteiger partial charge in [0.15, 0.2) is 5.65 Å². The third-order valence-corrected chi connectivity index (χ3v) is 8.48. The average molecular weight is 480 g/mol. The van der Waals surface area contributed by atoms with Gasteiger partial charge < -0.3 is 16.4 Å². The van der Waals surface area contributed by atoms with Crippen LogP contribution in [-0.4, -0.2) is 37.4 Å². The number of rotatable bonds is 3. The lowest BCUT2D eigenvalue weighted by atomic mass is 9.73. The summed E-state index contributed by atoms with van der Waals surface area (Å²) < 4.78 is 9.88. The van der Waals surface area contributed by atoms with Crippen LogP contribution in [0.2, 0.25) is 5.02 Å². The number of nitrogens with zero attached hydrogens (tertiary/aromatic N) is 6. The molecule has 0 amide bonds. The van der Waals surface area contributed by atoms with Crippen LogP contribution in [0.1, 0.15) is 31.5 Å². The Morgan fingerprint density at radius 2 is 1.97 bits per heavy atom. The number of aromatic nitrogens is 5. The molecule has 1 fully saturated rings. The first kappa shape index (κ1) is 19.6. The maximum Gasteiger partial charge on any atom is 0.211 e. The van der Waals surface area contributed by atoms with E-state index >= 15 is 0 Å². The zero-order valence-electron chi connectivity index (χ0n) is 18.8. The number of hydrogen-bond donors (Lipinski definition) is 2. The molecule has 0 saturated carbocycles. The molecular weight excluding hydrogens is 456 g/mol. The predicted octanol–water partition coefficient (Wildman–Crippen LogP) is 3.75.